The monoisotopic (exact) mass is 231 g/mol. The minimum absolute atomic E-state index is 0.0243. The van der Waals surface area contributed by atoms with Crippen LogP contribution in [-0.2, 0) is 4.74 Å². The molecule has 0 amide bonds. The predicted molar refractivity (Wildman–Crippen MR) is 51.8 cm³/mol. The standard InChI is InChI=1S/C10H11F2NO3/c1-5-4-6(8(11)12)9(15-2)13-7(5)10(14)16-3/h4,8H,1-3H3. The molecule has 0 N–H and O–H groups in total. The summed E-state index contributed by atoms with van der Waals surface area (Å²) in [6.45, 7) is 1.50. The van der Waals surface area contributed by atoms with Gasteiger partial charge in [0.15, 0.2) is 5.69 Å². The number of methoxy groups -OCH3 is 2. The van der Waals surface area contributed by atoms with Crippen LogP contribution >= 0.6 is 0 Å². The molecule has 6 heteroatoms. The van der Waals surface area contributed by atoms with Crippen molar-refractivity contribution in [2.24, 2.45) is 0 Å². The van der Waals surface area contributed by atoms with Gasteiger partial charge in [-0.05, 0) is 18.6 Å². The maximum atomic E-state index is 12.6. The van der Waals surface area contributed by atoms with E-state index < -0.39 is 12.4 Å². The molecule has 0 unspecified atom stereocenters. The van der Waals surface area contributed by atoms with Crippen molar-refractivity contribution >= 4 is 5.97 Å². The summed E-state index contributed by atoms with van der Waals surface area (Å²) in [5, 5.41) is 0. The van der Waals surface area contributed by atoms with E-state index in [2.05, 4.69) is 9.72 Å². The fraction of sp³-hybridized carbons (Fsp3) is 0.400. The zero-order chi connectivity index (χ0) is 12.3. The number of esters is 1. The minimum atomic E-state index is -2.70. The van der Waals surface area contributed by atoms with Crippen molar-refractivity contribution in [3.63, 3.8) is 0 Å². The molecule has 0 radical (unpaired) electrons. The molecule has 88 valence electrons. The van der Waals surface area contributed by atoms with Crippen LogP contribution in [0.3, 0.4) is 0 Å². The van der Waals surface area contributed by atoms with Gasteiger partial charge in [-0.3, -0.25) is 0 Å². The highest BCUT2D eigenvalue weighted by molar-refractivity contribution is 5.89. The highest BCUT2D eigenvalue weighted by Gasteiger charge is 2.21. The Morgan fingerprint density at radius 1 is 1.44 bits per heavy atom. The molecule has 0 atom stereocenters. The van der Waals surface area contributed by atoms with Crippen molar-refractivity contribution in [3.8, 4) is 5.88 Å². The first kappa shape index (κ1) is 12.4. The lowest BCUT2D eigenvalue weighted by atomic mass is 10.1. The van der Waals surface area contributed by atoms with Crippen LogP contribution in [0.2, 0.25) is 0 Å². The number of alkyl halides is 2. The normalized spacial score (nSPS) is 10.4. The highest BCUT2D eigenvalue weighted by Crippen LogP contribution is 2.29. The smallest absolute Gasteiger partial charge is 0.357 e. The zero-order valence-corrected chi connectivity index (χ0v) is 9.08. The van der Waals surface area contributed by atoms with Crippen LogP contribution in [0.15, 0.2) is 6.07 Å². The number of hydrogen-bond acceptors (Lipinski definition) is 4. The van der Waals surface area contributed by atoms with E-state index in [0.29, 0.717) is 5.56 Å². The average molecular weight is 231 g/mol. The number of nitrogens with zero attached hydrogens (tertiary/aromatic N) is 1. The molecule has 1 heterocycles. The van der Waals surface area contributed by atoms with Crippen LogP contribution in [0.5, 0.6) is 5.88 Å². The van der Waals surface area contributed by atoms with Crippen LogP contribution in [0.25, 0.3) is 0 Å². The van der Waals surface area contributed by atoms with E-state index in [1.54, 1.807) is 0 Å². The van der Waals surface area contributed by atoms with E-state index in [1.165, 1.54) is 27.2 Å². The SMILES string of the molecule is COC(=O)c1nc(OC)c(C(F)F)cc1C. The molecule has 1 aromatic heterocycles. The lowest BCUT2D eigenvalue weighted by Crippen LogP contribution is -2.09. The number of halogens is 2. The Bertz CT molecular complexity index is 407. The molecule has 4 nitrogen and oxygen atoms in total. The highest BCUT2D eigenvalue weighted by atomic mass is 19.3. The maximum Gasteiger partial charge on any atom is 0.357 e. The topological polar surface area (TPSA) is 48.4 Å². The van der Waals surface area contributed by atoms with Gasteiger partial charge >= 0.3 is 5.97 Å². The summed E-state index contributed by atoms with van der Waals surface area (Å²) in [6.07, 6.45) is -2.70. The van der Waals surface area contributed by atoms with Crippen LogP contribution in [0.4, 0.5) is 8.78 Å². The number of rotatable bonds is 3. The molecular weight excluding hydrogens is 220 g/mol. The third-order valence-electron chi connectivity index (χ3n) is 2.01. The van der Waals surface area contributed by atoms with Gasteiger partial charge in [0.05, 0.1) is 19.8 Å². The largest absolute Gasteiger partial charge is 0.481 e. The molecule has 0 fully saturated rings. The van der Waals surface area contributed by atoms with E-state index in [4.69, 9.17) is 4.74 Å². The second-order valence-corrected chi connectivity index (χ2v) is 3.04. The Morgan fingerprint density at radius 2 is 2.06 bits per heavy atom. The summed E-state index contributed by atoms with van der Waals surface area (Å²) in [6, 6.07) is 1.17. The molecule has 0 aliphatic heterocycles. The lowest BCUT2D eigenvalue weighted by Gasteiger charge is -2.10. The van der Waals surface area contributed by atoms with Crippen molar-refractivity contribution in [1.82, 2.24) is 4.98 Å². The number of carbonyl (C=O) groups is 1. The van der Waals surface area contributed by atoms with Crippen molar-refractivity contribution < 1.29 is 23.0 Å². The Balaban J connectivity index is 3.31. The number of aryl methyl sites for hydroxylation is 1. The molecular formula is C10H11F2NO3. The first-order valence-electron chi connectivity index (χ1n) is 4.43. The molecule has 0 aliphatic rings. The molecule has 0 spiro atoms. The maximum absolute atomic E-state index is 12.6. The van der Waals surface area contributed by atoms with E-state index in [9.17, 15) is 13.6 Å². The Morgan fingerprint density at radius 3 is 2.50 bits per heavy atom. The van der Waals surface area contributed by atoms with Crippen LogP contribution < -0.4 is 4.74 Å². The van der Waals surface area contributed by atoms with Gasteiger partial charge in [-0.15, -0.1) is 0 Å². The summed E-state index contributed by atoms with van der Waals surface area (Å²) in [7, 11) is 2.40. The summed E-state index contributed by atoms with van der Waals surface area (Å²) >= 11 is 0. The van der Waals surface area contributed by atoms with Crippen molar-refractivity contribution in [2.45, 2.75) is 13.3 Å². The van der Waals surface area contributed by atoms with Gasteiger partial charge in [0.2, 0.25) is 5.88 Å². The molecule has 0 aromatic carbocycles. The van der Waals surface area contributed by atoms with E-state index in [-0.39, 0.29) is 17.1 Å². The Hall–Kier alpha value is -1.72. The van der Waals surface area contributed by atoms with Crippen molar-refractivity contribution in [2.75, 3.05) is 14.2 Å². The van der Waals surface area contributed by atoms with Crippen molar-refractivity contribution in [1.29, 1.82) is 0 Å². The van der Waals surface area contributed by atoms with E-state index in [1.807, 2.05) is 0 Å². The fourth-order valence-corrected chi connectivity index (χ4v) is 1.24. The molecule has 1 rings (SSSR count). The number of carbonyl (C=O) groups excluding carboxylic acids is 1. The minimum Gasteiger partial charge on any atom is -0.481 e. The molecule has 0 saturated heterocycles. The molecule has 0 aliphatic carbocycles. The van der Waals surface area contributed by atoms with Gasteiger partial charge in [0.25, 0.3) is 6.43 Å². The van der Waals surface area contributed by atoms with E-state index >= 15 is 0 Å². The van der Waals surface area contributed by atoms with Gasteiger partial charge in [-0.2, -0.15) is 0 Å². The number of pyridine rings is 1. The van der Waals surface area contributed by atoms with Crippen LogP contribution in [-0.4, -0.2) is 25.2 Å². The van der Waals surface area contributed by atoms with Crippen LogP contribution in [0.1, 0.15) is 28.0 Å². The third-order valence-corrected chi connectivity index (χ3v) is 2.01. The van der Waals surface area contributed by atoms with Gasteiger partial charge in [0, 0.05) is 0 Å². The van der Waals surface area contributed by atoms with Gasteiger partial charge in [0.1, 0.15) is 0 Å². The first-order chi connectivity index (χ1) is 7.51. The fourth-order valence-electron chi connectivity index (χ4n) is 1.24. The second kappa shape index (κ2) is 4.87. The third kappa shape index (κ3) is 2.26. The van der Waals surface area contributed by atoms with Gasteiger partial charge in [-0.25, -0.2) is 18.6 Å². The lowest BCUT2D eigenvalue weighted by molar-refractivity contribution is 0.0591. The predicted octanol–water partition coefficient (Wildman–Crippen LogP) is 2.12. The summed E-state index contributed by atoms with van der Waals surface area (Å²) in [5.74, 6) is -0.947. The molecule has 0 saturated carbocycles. The molecule has 0 bridgehead atoms. The van der Waals surface area contributed by atoms with Crippen LogP contribution in [0, 0.1) is 6.92 Å². The number of aromatic nitrogens is 1. The first-order valence-corrected chi connectivity index (χ1v) is 4.43. The van der Waals surface area contributed by atoms with Gasteiger partial charge < -0.3 is 9.47 Å². The number of hydrogen-bond donors (Lipinski definition) is 0. The summed E-state index contributed by atoms with van der Waals surface area (Å²) in [5.41, 5.74) is -0.0423. The van der Waals surface area contributed by atoms with Gasteiger partial charge in [-0.1, -0.05) is 0 Å². The molecule has 1 aromatic rings. The van der Waals surface area contributed by atoms with E-state index in [0.717, 1.165) is 0 Å². The summed E-state index contributed by atoms with van der Waals surface area (Å²) < 4.78 is 34.3. The Kier molecular flexibility index (Phi) is 3.76. The zero-order valence-electron chi connectivity index (χ0n) is 9.08. The molecule has 16 heavy (non-hydrogen) atoms. The number of ether oxygens (including phenoxy) is 2. The second-order valence-electron chi connectivity index (χ2n) is 3.04. The summed E-state index contributed by atoms with van der Waals surface area (Å²) in [4.78, 5) is 15.0. The Labute approximate surface area is 91.2 Å². The average Bonchev–Trinajstić information content (AvgIpc) is 2.27. The quantitative estimate of drug-likeness (QED) is 0.747. The van der Waals surface area contributed by atoms with Crippen molar-refractivity contribution in [3.05, 3.63) is 22.9 Å².